The molecule has 0 fully saturated rings. The van der Waals surface area contributed by atoms with E-state index in [1.807, 2.05) is 0 Å². The lowest BCUT2D eigenvalue weighted by Gasteiger charge is -2.17. The fourth-order valence-corrected chi connectivity index (χ4v) is 0.477. The quantitative estimate of drug-likeness (QED) is 0.541. The monoisotopic (exact) mass is 184 g/mol. The van der Waals surface area contributed by atoms with E-state index < -0.39 is 18.0 Å². The summed E-state index contributed by atoms with van der Waals surface area (Å²) in [5.74, 6) is -2.85. The number of carbonyl (C=O) groups excluding carboxylic acids is 2. The Labute approximate surface area is 66.3 Å². The normalized spacial score (nSPS) is 10.8. The molecule has 0 heterocycles. The predicted molar refractivity (Wildman–Crippen MR) is 32.6 cm³/mol. The Morgan fingerprint density at radius 3 is 2.00 bits per heavy atom. The molecule has 0 rings (SSSR count). The largest absolute Gasteiger partial charge is 0.473 e. The summed E-state index contributed by atoms with van der Waals surface area (Å²) in [7, 11) is 0.817. The van der Waals surface area contributed by atoms with Crippen molar-refractivity contribution >= 4 is 11.8 Å². The van der Waals surface area contributed by atoms with Crippen molar-refractivity contribution in [2.45, 2.75) is 13.1 Å². The van der Waals surface area contributed by atoms with Gasteiger partial charge >= 0.3 is 12.1 Å². The van der Waals surface area contributed by atoms with Gasteiger partial charge < -0.3 is 0 Å². The number of halogens is 3. The van der Waals surface area contributed by atoms with Crippen molar-refractivity contribution in [3.8, 4) is 0 Å². The number of rotatable bonds is 0. The highest BCUT2D eigenvalue weighted by Gasteiger charge is 2.41. The maximum absolute atomic E-state index is 11.6. The first-order chi connectivity index (χ1) is 5.25. The van der Waals surface area contributed by atoms with Crippen LogP contribution in [-0.2, 0) is 9.59 Å². The molecule has 0 spiro atoms. The molecule has 7 heteroatoms. The van der Waals surface area contributed by atoms with Crippen LogP contribution in [0, 0.1) is 0 Å². The van der Waals surface area contributed by atoms with E-state index in [4.69, 9.17) is 0 Å². The van der Waals surface area contributed by atoms with Gasteiger partial charge in [-0.1, -0.05) is 0 Å². The molecule has 0 atom stereocenters. The van der Waals surface area contributed by atoms with Crippen LogP contribution >= 0.6 is 0 Å². The molecule has 70 valence electrons. The van der Waals surface area contributed by atoms with Gasteiger partial charge in [-0.3, -0.25) is 15.0 Å². The zero-order valence-electron chi connectivity index (χ0n) is 6.40. The van der Waals surface area contributed by atoms with Gasteiger partial charge in [0.05, 0.1) is 0 Å². The molecule has 0 aliphatic rings. The second kappa shape index (κ2) is 3.42. The number of hydrogen-bond donors (Lipinski definition) is 1. The van der Waals surface area contributed by atoms with Crippen LogP contribution < -0.4 is 5.43 Å². The van der Waals surface area contributed by atoms with Gasteiger partial charge in [0.25, 0.3) is 0 Å². The van der Waals surface area contributed by atoms with Gasteiger partial charge in [0.15, 0.2) is 0 Å². The lowest BCUT2D eigenvalue weighted by Crippen LogP contribution is -2.48. The Balaban J connectivity index is 4.21. The summed E-state index contributed by atoms with van der Waals surface area (Å²) in [5.41, 5.74) is 1.67. The number of amides is 2. The highest BCUT2D eigenvalue weighted by molar-refractivity contribution is 5.84. The summed E-state index contributed by atoms with van der Waals surface area (Å²) in [6.45, 7) is 1.00. The molecule has 1 N–H and O–H groups in total. The van der Waals surface area contributed by atoms with Crippen molar-refractivity contribution in [2.24, 2.45) is 0 Å². The maximum Gasteiger partial charge on any atom is 0.473 e. The summed E-state index contributed by atoms with van der Waals surface area (Å²) in [4.78, 5) is 20.5. The Morgan fingerprint density at radius 1 is 1.33 bits per heavy atom. The molecule has 0 unspecified atom stereocenters. The third-order valence-electron chi connectivity index (χ3n) is 0.872. The fraction of sp³-hybridized carbons (Fsp3) is 0.600. The van der Waals surface area contributed by atoms with Crippen LogP contribution in [0.25, 0.3) is 0 Å². The molecule has 0 radical (unpaired) electrons. The van der Waals surface area contributed by atoms with E-state index >= 15 is 0 Å². The number of hydrazine groups is 1. The summed E-state index contributed by atoms with van der Waals surface area (Å²) < 4.78 is 34.8. The summed E-state index contributed by atoms with van der Waals surface area (Å²) in [6.07, 6.45) is -4.96. The Morgan fingerprint density at radius 2 is 1.75 bits per heavy atom. The lowest BCUT2D eigenvalue weighted by molar-refractivity contribution is -0.187. The van der Waals surface area contributed by atoms with E-state index in [-0.39, 0.29) is 5.01 Å². The smallest absolute Gasteiger partial charge is 0.274 e. The SMILES string of the molecule is CC(=O)NN(C)C(=O)C(F)(F)F. The Bertz CT molecular complexity index is 201. The maximum atomic E-state index is 11.6. The van der Waals surface area contributed by atoms with Crippen LogP contribution in [-0.4, -0.2) is 30.0 Å². The first-order valence-corrected chi connectivity index (χ1v) is 2.87. The van der Waals surface area contributed by atoms with Crippen LogP contribution in [0.15, 0.2) is 0 Å². The number of nitrogens with zero attached hydrogens (tertiary/aromatic N) is 1. The lowest BCUT2D eigenvalue weighted by atomic mass is 10.6. The van der Waals surface area contributed by atoms with Gasteiger partial charge in [-0.05, 0) is 0 Å². The molecule has 0 bridgehead atoms. The van der Waals surface area contributed by atoms with Crippen molar-refractivity contribution in [1.29, 1.82) is 0 Å². The van der Waals surface area contributed by atoms with E-state index in [0.29, 0.717) is 0 Å². The van der Waals surface area contributed by atoms with Gasteiger partial charge in [0.1, 0.15) is 0 Å². The molecular weight excluding hydrogens is 177 g/mol. The third-order valence-corrected chi connectivity index (χ3v) is 0.872. The zero-order chi connectivity index (χ0) is 9.94. The molecule has 4 nitrogen and oxygen atoms in total. The van der Waals surface area contributed by atoms with Gasteiger partial charge in [0.2, 0.25) is 5.91 Å². The first-order valence-electron chi connectivity index (χ1n) is 2.87. The fourth-order valence-electron chi connectivity index (χ4n) is 0.477. The molecule has 12 heavy (non-hydrogen) atoms. The molecule has 0 aromatic carbocycles. The summed E-state index contributed by atoms with van der Waals surface area (Å²) in [6, 6.07) is 0. The molecule has 0 aliphatic carbocycles. The molecule has 0 aliphatic heterocycles. The second-order valence-corrected chi connectivity index (χ2v) is 2.03. The minimum Gasteiger partial charge on any atom is -0.274 e. The van der Waals surface area contributed by atoms with Crippen LogP contribution in [0.2, 0.25) is 0 Å². The number of carbonyl (C=O) groups is 2. The van der Waals surface area contributed by atoms with Crippen molar-refractivity contribution in [3.05, 3.63) is 0 Å². The van der Waals surface area contributed by atoms with Crippen LogP contribution in [0.4, 0.5) is 13.2 Å². The second-order valence-electron chi connectivity index (χ2n) is 2.03. The summed E-state index contributed by atoms with van der Waals surface area (Å²) >= 11 is 0. The molecule has 0 saturated heterocycles. The van der Waals surface area contributed by atoms with E-state index in [1.54, 1.807) is 5.43 Å². The average molecular weight is 184 g/mol. The topological polar surface area (TPSA) is 49.4 Å². The zero-order valence-corrected chi connectivity index (χ0v) is 6.40. The molecule has 0 aromatic heterocycles. The van der Waals surface area contributed by atoms with E-state index in [0.717, 1.165) is 14.0 Å². The van der Waals surface area contributed by atoms with Crippen LogP contribution in [0.1, 0.15) is 6.92 Å². The number of hydrogen-bond acceptors (Lipinski definition) is 2. The van der Waals surface area contributed by atoms with Gasteiger partial charge in [-0.15, -0.1) is 0 Å². The minimum absolute atomic E-state index is 0.0856. The van der Waals surface area contributed by atoms with Crippen LogP contribution in [0.5, 0.6) is 0 Å². The minimum atomic E-state index is -4.96. The highest BCUT2D eigenvalue weighted by Crippen LogP contribution is 2.16. The van der Waals surface area contributed by atoms with E-state index in [1.165, 1.54) is 0 Å². The van der Waals surface area contributed by atoms with Gasteiger partial charge in [0, 0.05) is 14.0 Å². The first kappa shape index (κ1) is 10.7. The third kappa shape index (κ3) is 3.22. The molecule has 2 amide bonds. The standard InChI is InChI=1S/C5H7F3N2O2/c1-3(11)9-10(2)4(12)5(6,7)8/h1-2H3,(H,9,11). The molecule has 0 saturated carbocycles. The Kier molecular flexibility index (Phi) is 3.06. The summed E-state index contributed by atoms with van der Waals surface area (Å²) in [5, 5.41) is 0.0856. The van der Waals surface area contributed by atoms with E-state index in [2.05, 4.69) is 0 Å². The molecule has 0 aromatic rings. The van der Waals surface area contributed by atoms with Crippen molar-refractivity contribution in [1.82, 2.24) is 10.4 Å². The average Bonchev–Trinajstić information content (AvgIpc) is 1.82. The molecular formula is C5H7F3N2O2. The predicted octanol–water partition coefficient (Wildman–Crippen LogP) is 0.0582. The van der Waals surface area contributed by atoms with Gasteiger partial charge in [-0.2, -0.15) is 13.2 Å². The highest BCUT2D eigenvalue weighted by atomic mass is 19.4. The van der Waals surface area contributed by atoms with Crippen LogP contribution in [0.3, 0.4) is 0 Å². The van der Waals surface area contributed by atoms with E-state index in [9.17, 15) is 22.8 Å². The Hall–Kier alpha value is -1.27. The van der Waals surface area contributed by atoms with Crippen molar-refractivity contribution < 1.29 is 22.8 Å². The number of alkyl halides is 3. The van der Waals surface area contributed by atoms with Crippen molar-refractivity contribution in [3.63, 3.8) is 0 Å². The van der Waals surface area contributed by atoms with Crippen molar-refractivity contribution in [2.75, 3.05) is 7.05 Å². The number of nitrogens with one attached hydrogen (secondary N) is 1. The van der Waals surface area contributed by atoms with Gasteiger partial charge in [-0.25, -0.2) is 5.01 Å².